The lowest BCUT2D eigenvalue weighted by molar-refractivity contribution is 0.0522. The predicted octanol–water partition coefficient (Wildman–Crippen LogP) is 1.93. The van der Waals surface area contributed by atoms with Crippen LogP contribution in [0.2, 0.25) is 0 Å². The molecular formula is C17H18N4O3. The summed E-state index contributed by atoms with van der Waals surface area (Å²) in [7, 11) is 0. The molecule has 0 fully saturated rings. The van der Waals surface area contributed by atoms with E-state index in [4.69, 9.17) is 4.74 Å². The van der Waals surface area contributed by atoms with Gasteiger partial charge in [-0.1, -0.05) is 25.1 Å². The van der Waals surface area contributed by atoms with Crippen molar-refractivity contribution in [2.45, 2.75) is 27.2 Å². The minimum absolute atomic E-state index is 0.0448. The lowest BCUT2D eigenvalue weighted by atomic mass is 10.2. The number of aryl methyl sites for hydroxylation is 2. The molecule has 1 aromatic carbocycles. The number of hydrogen-bond acceptors (Lipinski definition) is 5. The first-order valence-electron chi connectivity index (χ1n) is 7.82. The Morgan fingerprint density at radius 2 is 1.92 bits per heavy atom. The molecule has 24 heavy (non-hydrogen) atoms. The Bertz CT molecular complexity index is 957. The van der Waals surface area contributed by atoms with Gasteiger partial charge in [0.2, 0.25) is 5.78 Å². The van der Waals surface area contributed by atoms with Crippen LogP contribution in [-0.4, -0.2) is 31.7 Å². The van der Waals surface area contributed by atoms with E-state index in [-0.39, 0.29) is 12.2 Å². The normalized spacial score (nSPS) is 11.0. The molecule has 0 amide bonds. The molecule has 0 spiro atoms. The number of benzene rings is 1. The number of carbonyl (C=O) groups is 1. The molecule has 3 rings (SSSR count). The van der Waals surface area contributed by atoms with Gasteiger partial charge in [0.05, 0.1) is 18.0 Å². The SMILES string of the molecule is CCOC(=O)c1c(C)nc2n(-c3ccccc3)nc(CC)n2c1=O. The third-order valence-corrected chi connectivity index (χ3v) is 3.71. The van der Waals surface area contributed by atoms with Gasteiger partial charge in [0.15, 0.2) is 0 Å². The van der Waals surface area contributed by atoms with E-state index in [1.807, 2.05) is 37.3 Å². The zero-order valence-corrected chi connectivity index (χ0v) is 13.8. The maximum absolute atomic E-state index is 12.9. The Balaban J connectivity index is 2.34. The summed E-state index contributed by atoms with van der Waals surface area (Å²) in [5, 5.41) is 4.49. The number of nitrogens with zero attached hydrogens (tertiary/aromatic N) is 4. The highest BCUT2D eigenvalue weighted by Crippen LogP contribution is 2.14. The molecule has 2 heterocycles. The van der Waals surface area contributed by atoms with E-state index in [2.05, 4.69) is 10.1 Å². The molecule has 0 N–H and O–H groups in total. The largest absolute Gasteiger partial charge is 0.462 e. The van der Waals surface area contributed by atoms with Crippen molar-refractivity contribution in [2.75, 3.05) is 6.61 Å². The van der Waals surface area contributed by atoms with E-state index in [0.717, 1.165) is 5.69 Å². The quantitative estimate of drug-likeness (QED) is 0.685. The van der Waals surface area contributed by atoms with Crippen molar-refractivity contribution >= 4 is 11.7 Å². The topological polar surface area (TPSA) is 78.5 Å². The standard InChI is InChI=1S/C17H18N4O3/c1-4-13-19-21(12-9-7-6-8-10-12)17-18-11(3)14(15(22)20(13)17)16(23)24-5-2/h6-10H,4-5H2,1-3H3. The molecule has 0 aliphatic rings. The van der Waals surface area contributed by atoms with Crippen LogP contribution in [0.5, 0.6) is 0 Å². The summed E-state index contributed by atoms with van der Waals surface area (Å²) in [5.74, 6) is 0.266. The molecular weight excluding hydrogens is 308 g/mol. The number of fused-ring (bicyclic) bond motifs is 1. The van der Waals surface area contributed by atoms with E-state index < -0.39 is 11.5 Å². The summed E-state index contributed by atoms with van der Waals surface area (Å²) in [5.41, 5.74) is 0.634. The summed E-state index contributed by atoms with van der Waals surface area (Å²) < 4.78 is 7.98. The molecule has 0 aliphatic carbocycles. The maximum Gasteiger partial charge on any atom is 0.345 e. The minimum Gasteiger partial charge on any atom is -0.462 e. The van der Waals surface area contributed by atoms with Crippen molar-refractivity contribution in [1.82, 2.24) is 19.2 Å². The Morgan fingerprint density at radius 3 is 2.54 bits per heavy atom. The van der Waals surface area contributed by atoms with Crippen LogP contribution in [-0.2, 0) is 11.2 Å². The Kier molecular flexibility index (Phi) is 4.16. The fourth-order valence-electron chi connectivity index (χ4n) is 2.60. The second-order valence-corrected chi connectivity index (χ2v) is 5.25. The fourth-order valence-corrected chi connectivity index (χ4v) is 2.60. The molecule has 3 aromatic rings. The Hall–Kier alpha value is -2.96. The molecule has 0 unspecified atom stereocenters. The van der Waals surface area contributed by atoms with E-state index in [1.165, 1.54) is 4.40 Å². The number of rotatable bonds is 4. The van der Waals surface area contributed by atoms with Crippen LogP contribution < -0.4 is 5.56 Å². The van der Waals surface area contributed by atoms with Crippen LogP contribution in [0, 0.1) is 6.92 Å². The average molecular weight is 326 g/mol. The number of hydrogen-bond donors (Lipinski definition) is 0. The molecule has 7 heteroatoms. The van der Waals surface area contributed by atoms with E-state index >= 15 is 0 Å². The second kappa shape index (κ2) is 6.27. The highest BCUT2D eigenvalue weighted by Gasteiger charge is 2.23. The third-order valence-electron chi connectivity index (χ3n) is 3.71. The van der Waals surface area contributed by atoms with Crippen molar-refractivity contribution in [3.8, 4) is 5.69 Å². The van der Waals surface area contributed by atoms with Crippen molar-refractivity contribution in [2.24, 2.45) is 0 Å². The molecule has 0 atom stereocenters. The van der Waals surface area contributed by atoms with Gasteiger partial charge in [-0.3, -0.25) is 4.79 Å². The van der Waals surface area contributed by atoms with Crippen molar-refractivity contribution in [3.63, 3.8) is 0 Å². The van der Waals surface area contributed by atoms with Gasteiger partial charge in [0.1, 0.15) is 11.4 Å². The van der Waals surface area contributed by atoms with Crippen molar-refractivity contribution < 1.29 is 9.53 Å². The van der Waals surface area contributed by atoms with E-state index in [9.17, 15) is 9.59 Å². The first-order chi connectivity index (χ1) is 11.6. The molecule has 0 saturated heterocycles. The van der Waals surface area contributed by atoms with Gasteiger partial charge in [0.25, 0.3) is 5.56 Å². The minimum atomic E-state index is -0.656. The van der Waals surface area contributed by atoms with Crippen molar-refractivity contribution in [3.05, 3.63) is 57.8 Å². The average Bonchev–Trinajstić information content (AvgIpc) is 2.94. The second-order valence-electron chi connectivity index (χ2n) is 5.25. The van der Waals surface area contributed by atoms with Crippen LogP contribution in [0.3, 0.4) is 0 Å². The van der Waals surface area contributed by atoms with Gasteiger partial charge in [-0.2, -0.15) is 9.78 Å². The summed E-state index contributed by atoms with van der Waals surface area (Å²) in [4.78, 5) is 29.4. The van der Waals surface area contributed by atoms with Gasteiger partial charge >= 0.3 is 5.97 Å². The third kappa shape index (κ3) is 2.47. The lowest BCUT2D eigenvalue weighted by Gasteiger charge is -2.06. The number of ether oxygens (including phenoxy) is 1. The van der Waals surface area contributed by atoms with Crippen LogP contribution in [0.25, 0.3) is 11.5 Å². The monoisotopic (exact) mass is 326 g/mol. The molecule has 0 aliphatic heterocycles. The first kappa shape index (κ1) is 15.9. The van der Waals surface area contributed by atoms with Gasteiger partial charge in [-0.05, 0) is 26.0 Å². The Labute approximate surface area is 138 Å². The molecule has 0 bridgehead atoms. The van der Waals surface area contributed by atoms with Gasteiger partial charge in [-0.25, -0.2) is 14.2 Å². The smallest absolute Gasteiger partial charge is 0.345 e. The maximum atomic E-state index is 12.9. The van der Waals surface area contributed by atoms with Gasteiger partial charge < -0.3 is 4.74 Å². The first-order valence-corrected chi connectivity index (χ1v) is 7.82. The van der Waals surface area contributed by atoms with E-state index in [1.54, 1.807) is 18.5 Å². The van der Waals surface area contributed by atoms with Crippen LogP contribution in [0.4, 0.5) is 0 Å². The van der Waals surface area contributed by atoms with Crippen molar-refractivity contribution in [1.29, 1.82) is 0 Å². The van der Waals surface area contributed by atoms with Crippen LogP contribution in [0.1, 0.15) is 35.7 Å². The van der Waals surface area contributed by atoms with Gasteiger partial charge in [0, 0.05) is 6.42 Å². The lowest BCUT2D eigenvalue weighted by Crippen LogP contribution is -2.27. The number of esters is 1. The summed E-state index contributed by atoms with van der Waals surface area (Å²) >= 11 is 0. The highest BCUT2D eigenvalue weighted by atomic mass is 16.5. The molecule has 0 saturated carbocycles. The molecule has 2 aromatic heterocycles. The predicted molar refractivity (Wildman–Crippen MR) is 88.7 cm³/mol. The highest BCUT2D eigenvalue weighted by molar-refractivity contribution is 5.90. The van der Waals surface area contributed by atoms with Crippen LogP contribution in [0.15, 0.2) is 35.1 Å². The molecule has 0 radical (unpaired) electrons. The summed E-state index contributed by atoms with van der Waals surface area (Å²) in [6.07, 6.45) is 0.531. The number of aromatic nitrogens is 4. The fraction of sp³-hybridized carbons (Fsp3) is 0.294. The molecule has 7 nitrogen and oxygen atoms in total. The van der Waals surface area contributed by atoms with Crippen LogP contribution >= 0.6 is 0 Å². The Morgan fingerprint density at radius 1 is 1.21 bits per heavy atom. The zero-order chi connectivity index (χ0) is 17.3. The zero-order valence-electron chi connectivity index (χ0n) is 13.8. The number of carbonyl (C=O) groups excluding carboxylic acids is 1. The summed E-state index contributed by atoms with van der Waals surface area (Å²) in [6, 6.07) is 9.44. The summed E-state index contributed by atoms with van der Waals surface area (Å²) in [6.45, 7) is 5.42. The number of para-hydroxylation sites is 1. The van der Waals surface area contributed by atoms with E-state index in [0.29, 0.717) is 23.7 Å². The van der Waals surface area contributed by atoms with Gasteiger partial charge in [-0.15, -0.1) is 0 Å². The molecule has 124 valence electrons.